The summed E-state index contributed by atoms with van der Waals surface area (Å²) in [5.74, 6) is -0.660. The normalized spacial score (nSPS) is 10.5. The Labute approximate surface area is 110 Å². The van der Waals surface area contributed by atoms with Gasteiger partial charge in [0.2, 0.25) is 0 Å². The van der Waals surface area contributed by atoms with Gasteiger partial charge in [0.15, 0.2) is 0 Å². The van der Waals surface area contributed by atoms with Crippen molar-refractivity contribution >= 4 is 5.69 Å². The van der Waals surface area contributed by atoms with Crippen LogP contribution >= 0.6 is 0 Å². The molecule has 0 amide bonds. The molecule has 0 bridgehead atoms. The van der Waals surface area contributed by atoms with Crippen LogP contribution in [-0.4, -0.2) is 12.2 Å². The van der Waals surface area contributed by atoms with Gasteiger partial charge in [-0.2, -0.15) is 0 Å². The molecule has 19 heavy (non-hydrogen) atoms. The highest BCUT2D eigenvalue weighted by Crippen LogP contribution is 2.19. The van der Waals surface area contributed by atoms with Crippen LogP contribution in [0.15, 0.2) is 42.5 Å². The Kier molecular flexibility index (Phi) is 4.12. The molecule has 0 spiro atoms. The summed E-state index contributed by atoms with van der Waals surface area (Å²) >= 11 is 0. The molecule has 0 unspecified atom stereocenters. The maximum atomic E-state index is 13.4. The lowest BCUT2D eigenvalue weighted by atomic mass is 10.1. The number of halogens is 2. The molecule has 0 saturated heterocycles. The molecule has 0 aliphatic heterocycles. The molecule has 100 valence electrons. The molecule has 0 atom stereocenters. The van der Waals surface area contributed by atoms with Gasteiger partial charge in [-0.25, -0.2) is 8.78 Å². The summed E-state index contributed by atoms with van der Waals surface area (Å²) in [6.45, 7) is 0.337. The molecule has 0 radical (unpaired) electrons. The summed E-state index contributed by atoms with van der Waals surface area (Å²) in [6.07, 6.45) is 0. The van der Waals surface area contributed by atoms with E-state index in [9.17, 15) is 8.78 Å². The number of rotatable bonds is 4. The van der Waals surface area contributed by atoms with Crippen molar-refractivity contribution in [2.75, 3.05) is 11.9 Å². The summed E-state index contributed by atoms with van der Waals surface area (Å²) in [4.78, 5) is 1.84. The standard InChI is InChI=1S/C15H15F2NO/c1-18(9-11-2-4-13(16)5-3-11)15-7-12(10-19)6-14(17)8-15/h2-8,19H,9-10H2,1H3. The first-order chi connectivity index (χ1) is 9.08. The molecule has 2 nitrogen and oxygen atoms in total. The number of aliphatic hydroxyl groups excluding tert-OH is 1. The monoisotopic (exact) mass is 263 g/mol. The van der Waals surface area contributed by atoms with Crippen LogP contribution in [0.1, 0.15) is 11.1 Å². The smallest absolute Gasteiger partial charge is 0.125 e. The molecule has 4 heteroatoms. The van der Waals surface area contributed by atoms with Crippen molar-refractivity contribution < 1.29 is 13.9 Å². The number of nitrogens with zero attached hydrogens (tertiary/aromatic N) is 1. The molecule has 1 N–H and O–H groups in total. The minimum Gasteiger partial charge on any atom is -0.392 e. The van der Waals surface area contributed by atoms with Crippen LogP contribution < -0.4 is 4.90 Å². The van der Waals surface area contributed by atoms with Gasteiger partial charge in [-0.05, 0) is 41.5 Å². The highest BCUT2D eigenvalue weighted by atomic mass is 19.1. The Morgan fingerprint density at radius 3 is 2.26 bits per heavy atom. The van der Waals surface area contributed by atoms with Crippen LogP contribution in [0.4, 0.5) is 14.5 Å². The molecular weight excluding hydrogens is 248 g/mol. The number of anilines is 1. The van der Waals surface area contributed by atoms with Gasteiger partial charge in [-0.3, -0.25) is 0 Å². The van der Waals surface area contributed by atoms with Gasteiger partial charge in [-0.15, -0.1) is 0 Å². The Hall–Kier alpha value is -1.94. The molecule has 0 aliphatic carbocycles. The topological polar surface area (TPSA) is 23.5 Å². The molecule has 2 rings (SSSR count). The van der Waals surface area contributed by atoms with Gasteiger partial charge >= 0.3 is 0 Å². The van der Waals surface area contributed by atoms with Crippen molar-refractivity contribution in [1.82, 2.24) is 0 Å². The van der Waals surface area contributed by atoms with Crippen LogP contribution in [0.5, 0.6) is 0 Å². The van der Waals surface area contributed by atoms with Crippen molar-refractivity contribution in [3.8, 4) is 0 Å². The van der Waals surface area contributed by atoms with E-state index in [4.69, 9.17) is 5.11 Å². The molecular formula is C15H15F2NO. The van der Waals surface area contributed by atoms with Gasteiger partial charge in [0.1, 0.15) is 11.6 Å². The zero-order chi connectivity index (χ0) is 13.8. The van der Waals surface area contributed by atoms with E-state index in [0.29, 0.717) is 17.8 Å². The summed E-state index contributed by atoms with van der Waals surface area (Å²) in [6, 6.07) is 10.6. The van der Waals surface area contributed by atoms with E-state index in [1.807, 2.05) is 11.9 Å². The SMILES string of the molecule is CN(Cc1ccc(F)cc1)c1cc(F)cc(CO)c1. The third-order valence-electron chi connectivity index (χ3n) is 2.90. The highest BCUT2D eigenvalue weighted by Gasteiger charge is 2.06. The van der Waals surface area contributed by atoms with Gasteiger partial charge in [0.25, 0.3) is 0 Å². The van der Waals surface area contributed by atoms with Crippen molar-refractivity contribution in [3.63, 3.8) is 0 Å². The fourth-order valence-corrected chi connectivity index (χ4v) is 1.90. The van der Waals surface area contributed by atoms with E-state index < -0.39 is 0 Å². The average Bonchev–Trinajstić information content (AvgIpc) is 2.40. The van der Waals surface area contributed by atoms with E-state index in [1.165, 1.54) is 24.3 Å². The molecule has 2 aromatic rings. The first kappa shape index (κ1) is 13.5. The molecule has 0 fully saturated rings. The highest BCUT2D eigenvalue weighted by molar-refractivity contribution is 5.48. The maximum absolute atomic E-state index is 13.4. The molecule has 0 aliphatic rings. The third-order valence-corrected chi connectivity index (χ3v) is 2.90. The largest absolute Gasteiger partial charge is 0.392 e. The number of aliphatic hydroxyl groups is 1. The Balaban J connectivity index is 2.17. The van der Waals surface area contributed by atoms with Gasteiger partial charge in [0.05, 0.1) is 6.61 Å². The molecule has 0 saturated carbocycles. The molecule has 0 heterocycles. The maximum Gasteiger partial charge on any atom is 0.125 e. The van der Waals surface area contributed by atoms with Gasteiger partial charge in [-0.1, -0.05) is 12.1 Å². The van der Waals surface area contributed by atoms with E-state index in [0.717, 1.165) is 5.56 Å². The fraction of sp³-hybridized carbons (Fsp3) is 0.200. The van der Waals surface area contributed by atoms with Crippen LogP contribution in [0.25, 0.3) is 0 Å². The second-order valence-electron chi connectivity index (χ2n) is 4.46. The van der Waals surface area contributed by atoms with Crippen LogP contribution in [0.2, 0.25) is 0 Å². The number of hydrogen-bond acceptors (Lipinski definition) is 2. The second-order valence-corrected chi connectivity index (χ2v) is 4.46. The number of hydrogen-bond donors (Lipinski definition) is 1. The van der Waals surface area contributed by atoms with Gasteiger partial charge in [0, 0.05) is 19.3 Å². The third kappa shape index (κ3) is 3.51. The molecule has 2 aromatic carbocycles. The predicted octanol–water partition coefficient (Wildman–Crippen LogP) is 3.09. The Morgan fingerprint density at radius 2 is 1.63 bits per heavy atom. The van der Waals surface area contributed by atoms with Crippen LogP contribution in [-0.2, 0) is 13.2 Å². The van der Waals surface area contributed by atoms with Gasteiger partial charge < -0.3 is 10.0 Å². The van der Waals surface area contributed by atoms with E-state index in [1.54, 1.807) is 18.2 Å². The van der Waals surface area contributed by atoms with Crippen molar-refractivity contribution in [1.29, 1.82) is 0 Å². The fourth-order valence-electron chi connectivity index (χ4n) is 1.90. The van der Waals surface area contributed by atoms with E-state index in [2.05, 4.69) is 0 Å². The van der Waals surface area contributed by atoms with Crippen molar-refractivity contribution in [2.24, 2.45) is 0 Å². The van der Waals surface area contributed by atoms with Crippen molar-refractivity contribution in [3.05, 3.63) is 65.2 Å². The quantitative estimate of drug-likeness (QED) is 0.916. The summed E-state index contributed by atoms with van der Waals surface area (Å²) < 4.78 is 26.2. The Bertz CT molecular complexity index is 555. The van der Waals surface area contributed by atoms with Crippen LogP contribution in [0, 0.1) is 11.6 Å². The zero-order valence-electron chi connectivity index (χ0n) is 10.6. The van der Waals surface area contributed by atoms with E-state index >= 15 is 0 Å². The van der Waals surface area contributed by atoms with Crippen LogP contribution in [0.3, 0.4) is 0 Å². The van der Waals surface area contributed by atoms with E-state index in [-0.39, 0.29) is 18.2 Å². The average molecular weight is 263 g/mol. The summed E-state index contributed by atoms with van der Waals surface area (Å²) in [7, 11) is 1.82. The first-order valence-electron chi connectivity index (χ1n) is 5.94. The zero-order valence-corrected chi connectivity index (χ0v) is 10.6. The lowest BCUT2D eigenvalue weighted by molar-refractivity contribution is 0.281. The lowest BCUT2D eigenvalue weighted by Gasteiger charge is -2.20. The minimum atomic E-state index is -0.382. The first-order valence-corrected chi connectivity index (χ1v) is 5.94. The summed E-state index contributed by atoms with van der Waals surface area (Å²) in [5, 5.41) is 9.06. The molecule has 0 aromatic heterocycles. The minimum absolute atomic E-state index is 0.199. The van der Waals surface area contributed by atoms with Crippen molar-refractivity contribution in [2.45, 2.75) is 13.2 Å². The second kappa shape index (κ2) is 5.80. The lowest BCUT2D eigenvalue weighted by Crippen LogP contribution is -2.16. The number of benzene rings is 2. The summed E-state index contributed by atoms with van der Waals surface area (Å²) in [5.41, 5.74) is 2.13. The predicted molar refractivity (Wildman–Crippen MR) is 70.8 cm³/mol. The Morgan fingerprint density at radius 1 is 0.947 bits per heavy atom.